The van der Waals surface area contributed by atoms with Crippen molar-refractivity contribution in [2.24, 2.45) is 5.92 Å². The van der Waals surface area contributed by atoms with E-state index in [0.717, 1.165) is 37.2 Å². The molecule has 3 aromatic rings. The summed E-state index contributed by atoms with van der Waals surface area (Å²) in [5.41, 5.74) is 8.70. The molecule has 1 aliphatic heterocycles. The van der Waals surface area contributed by atoms with Gasteiger partial charge in [0.2, 0.25) is 0 Å². The number of nitrogens with zero attached hydrogens (tertiary/aromatic N) is 2. The summed E-state index contributed by atoms with van der Waals surface area (Å²) in [4.78, 5) is 17.6. The fourth-order valence-corrected chi connectivity index (χ4v) is 5.11. The summed E-state index contributed by atoms with van der Waals surface area (Å²) < 4.78 is 6.15. The van der Waals surface area contributed by atoms with Crippen LogP contribution < -0.4 is 4.74 Å². The molecule has 1 aromatic heterocycles. The van der Waals surface area contributed by atoms with Crippen LogP contribution in [0.4, 0.5) is 0 Å². The van der Waals surface area contributed by atoms with Crippen molar-refractivity contribution in [3.8, 4) is 16.9 Å². The highest BCUT2D eigenvalue weighted by Gasteiger charge is 2.39. The molecule has 1 N–H and O–H groups in total. The maximum absolute atomic E-state index is 11.1. The number of ether oxygens (including phenoxy) is 1. The minimum Gasteiger partial charge on any atom is -0.489 e. The lowest BCUT2D eigenvalue weighted by Crippen LogP contribution is -2.44. The second-order valence-corrected chi connectivity index (χ2v) is 9.13. The Hall–Kier alpha value is -3.18. The molecule has 2 aromatic carbocycles. The van der Waals surface area contributed by atoms with Crippen LogP contribution in [0.3, 0.4) is 0 Å². The van der Waals surface area contributed by atoms with Gasteiger partial charge in [-0.2, -0.15) is 0 Å². The number of hydrogen-bond donors (Lipinski definition) is 1. The number of carbonyl (C=O) groups is 1. The second-order valence-electron chi connectivity index (χ2n) is 9.13. The molecule has 1 fully saturated rings. The Morgan fingerprint density at radius 3 is 2.41 bits per heavy atom. The Morgan fingerprint density at radius 1 is 1.03 bits per heavy atom. The number of carboxylic acids is 1. The van der Waals surface area contributed by atoms with E-state index in [0.29, 0.717) is 12.6 Å². The third kappa shape index (κ3) is 4.00. The quantitative estimate of drug-likeness (QED) is 0.590. The summed E-state index contributed by atoms with van der Waals surface area (Å²) in [6, 6.07) is 15.2. The lowest BCUT2D eigenvalue weighted by molar-refractivity contribution is -0.147. The molecule has 5 nitrogen and oxygen atoms in total. The highest BCUT2D eigenvalue weighted by atomic mass is 16.5. The van der Waals surface area contributed by atoms with Crippen LogP contribution in [0, 0.1) is 19.8 Å². The molecule has 1 saturated carbocycles. The molecule has 2 heterocycles. The molecule has 0 spiro atoms. The summed E-state index contributed by atoms with van der Waals surface area (Å²) in [7, 11) is 0. The van der Waals surface area contributed by atoms with Gasteiger partial charge < -0.3 is 9.84 Å². The Morgan fingerprint density at radius 2 is 1.72 bits per heavy atom. The van der Waals surface area contributed by atoms with Crippen molar-refractivity contribution in [1.82, 2.24) is 9.88 Å². The lowest BCUT2D eigenvalue weighted by Gasteiger charge is -2.39. The minimum absolute atomic E-state index is 0.167. The van der Waals surface area contributed by atoms with Crippen LogP contribution in [0.25, 0.3) is 11.1 Å². The van der Waals surface area contributed by atoms with Crippen molar-refractivity contribution in [3.05, 3.63) is 82.7 Å². The maximum Gasteiger partial charge on any atom is 0.306 e. The van der Waals surface area contributed by atoms with Gasteiger partial charge in [0.05, 0.1) is 5.92 Å². The number of aromatic nitrogens is 1. The van der Waals surface area contributed by atoms with Gasteiger partial charge in [-0.05, 0) is 89.9 Å². The number of carboxylic acid groups (broad SMARTS) is 1. The average Bonchev–Trinajstić information content (AvgIpc) is 3.14. The topological polar surface area (TPSA) is 62.7 Å². The van der Waals surface area contributed by atoms with E-state index in [4.69, 9.17) is 9.84 Å². The molecule has 1 aliphatic carbocycles. The zero-order valence-electron chi connectivity index (χ0n) is 18.5. The van der Waals surface area contributed by atoms with Gasteiger partial charge in [0.1, 0.15) is 12.4 Å². The first-order valence-corrected chi connectivity index (χ1v) is 11.2. The monoisotopic (exact) mass is 428 g/mol. The molecule has 5 heteroatoms. The molecule has 2 aliphatic rings. The van der Waals surface area contributed by atoms with Gasteiger partial charge in [-0.15, -0.1) is 0 Å². The van der Waals surface area contributed by atoms with E-state index in [2.05, 4.69) is 48.0 Å². The van der Waals surface area contributed by atoms with Crippen molar-refractivity contribution in [3.63, 3.8) is 0 Å². The Labute approximate surface area is 188 Å². The fraction of sp³-hybridized carbons (Fsp3) is 0.333. The van der Waals surface area contributed by atoms with Gasteiger partial charge in [0.25, 0.3) is 0 Å². The first kappa shape index (κ1) is 20.7. The number of aryl methyl sites for hydroxylation is 2. The predicted octanol–water partition coefficient (Wildman–Crippen LogP) is 5.12. The number of benzene rings is 2. The highest BCUT2D eigenvalue weighted by molar-refractivity contribution is 5.71. The molecule has 0 radical (unpaired) electrons. The summed E-state index contributed by atoms with van der Waals surface area (Å²) in [6.07, 6.45) is 5.19. The molecular formula is C27H28N2O3. The van der Waals surface area contributed by atoms with Crippen LogP contribution in [-0.2, 0) is 24.5 Å². The van der Waals surface area contributed by atoms with E-state index in [1.807, 2.05) is 30.6 Å². The first-order valence-electron chi connectivity index (χ1n) is 11.2. The van der Waals surface area contributed by atoms with Crippen LogP contribution in [-0.4, -0.2) is 27.0 Å². The fourth-order valence-electron chi connectivity index (χ4n) is 5.11. The summed E-state index contributed by atoms with van der Waals surface area (Å²) in [6.45, 7) is 6.60. The third-order valence-corrected chi connectivity index (χ3v) is 6.87. The van der Waals surface area contributed by atoms with Crippen molar-refractivity contribution in [2.45, 2.75) is 52.4 Å². The van der Waals surface area contributed by atoms with Crippen LogP contribution in [0.2, 0.25) is 0 Å². The minimum atomic E-state index is -0.659. The zero-order chi connectivity index (χ0) is 22.2. The van der Waals surface area contributed by atoms with Gasteiger partial charge in [0.15, 0.2) is 0 Å². The van der Waals surface area contributed by atoms with Gasteiger partial charge in [-0.3, -0.25) is 14.7 Å². The summed E-state index contributed by atoms with van der Waals surface area (Å²) >= 11 is 0. The zero-order valence-corrected chi connectivity index (χ0v) is 18.5. The Kier molecular flexibility index (Phi) is 5.43. The molecule has 0 amide bonds. The SMILES string of the molecule is Cc1cc(COc2ccc3c(c2)CN(C2CC(C(=O)O)C2)C3)cc(C)c1-c1ccncc1. The van der Waals surface area contributed by atoms with E-state index in [1.165, 1.54) is 33.4 Å². The predicted molar refractivity (Wildman–Crippen MR) is 123 cm³/mol. The van der Waals surface area contributed by atoms with Crippen LogP contribution >= 0.6 is 0 Å². The Bertz CT molecular complexity index is 1130. The largest absolute Gasteiger partial charge is 0.489 e. The third-order valence-electron chi connectivity index (χ3n) is 6.87. The number of rotatable bonds is 6. The van der Waals surface area contributed by atoms with E-state index >= 15 is 0 Å². The van der Waals surface area contributed by atoms with Crippen LogP contribution in [0.15, 0.2) is 54.9 Å². The normalized spacial score (nSPS) is 19.9. The van der Waals surface area contributed by atoms with Crippen molar-refractivity contribution < 1.29 is 14.6 Å². The van der Waals surface area contributed by atoms with Crippen molar-refractivity contribution in [1.29, 1.82) is 0 Å². The molecule has 0 atom stereocenters. The lowest BCUT2D eigenvalue weighted by atomic mass is 9.79. The van der Waals surface area contributed by atoms with Gasteiger partial charge in [-0.1, -0.05) is 18.2 Å². The van der Waals surface area contributed by atoms with E-state index in [9.17, 15) is 4.79 Å². The molecule has 0 saturated heterocycles. The molecule has 32 heavy (non-hydrogen) atoms. The smallest absolute Gasteiger partial charge is 0.306 e. The number of fused-ring (bicyclic) bond motifs is 1. The molecular weight excluding hydrogens is 400 g/mol. The van der Waals surface area contributed by atoms with Gasteiger partial charge >= 0.3 is 5.97 Å². The standard InChI is InChI=1S/C27H28N2O3/c1-17-9-19(10-18(2)26(17)20-5-7-28-8-6-20)16-32-25-4-3-21-14-29(15-23(21)13-25)24-11-22(12-24)27(30)31/h3-10,13,22,24H,11-12,14-16H2,1-2H3,(H,30,31). The molecule has 0 bridgehead atoms. The van der Waals surface area contributed by atoms with E-state index in [1.54, 1.807) is 0 Å². The molecule has 164 valence electrons. The van der Waals surface area contributed by atoms with Crippen molar-refractivity contribution in [2.75, 3.05) is 0 Å². The maximum atomic E-state index is 11.1. The van der Waals surface area contributed by atoms with Crippen LogP contribution in [0.1, 0.15) is 40.7 Å². The summed E-state index contributed by atoms with van der Waals surface area (Å²) in [5.74, 6) is 0.0588. The van der Waals surface area contributed by atoms with Crippen LogP contribution in [0.5, 0.6) is 5.75 Å². The number of pyridine rings is 1. The first-order chi connectivity index (χ1) is 15.5. The number of aliphatic carboxylic acids is 1. The van der Waals surface area contributed by atoms with E-state index < -0.39 is 5.97 Å². The van der Waals surface area contributed by atoms with Gasteiger partial charge in [-0.25, -0.2) is 0 Å². The summed E-state index contributed by atoms with van der Waals surface area (Å²) in [5, 5.41) is 9.13. The highest BCUT2D eigenvalue weighted by Crippen LogP contribution is 2.37. The average molecular weight is 429 g/mol. The Balaban J connectivity index is 1.23. The number of hydrogen-bond acceptors (Lipinski definition) is 4. The van der Waals surface area contributed by atoms with Crippen molar-refractivity contribution >= 4 is 5.97 Å². The molecule has 5 rings (SSSR count). The molecule has 0 unspecified atom stereocenters. The van der Waals surface area contributed by atoms with E-state index in [-0.39, 0.29) is 5.92 Å². The second kappa shape index (κ2) is 8.40. The van der Waals surface area contributed by atoms with Gasteiger partial charge in [0, 0.05) is 31.5 Å².